The molecule has 20 heavy (non-hydrogen) atoms. The zero-order chi connectivity index (χ0) is 14.6. The zero-order valence-electron chi connectivity index (χ0n) is 12.3. The van der Waals surface area contributed by atoms with E-state index < -0.39 is 9.84 Å². The summed E-state index contributed by atoms with van der Waals surface area (Å²) in [6.45, 7) is 3.33. The summed E-state index contributed by atoms with van der Waals surface area (Å²) in [6, 6.07) is 0.335. The van der Waals surface area contributed by atoms with E-state index in [2.05, 4.69) is 15.6 Å². The summed E-state index contributed by atoms with van der Waals surface area (Å²) < 4.78 is 28.0. The van der Waals surface area contributed by atoms with Gasteiger partial charge in [-0.05, 0) is 32.6 Å². The molecule has 3 unspecified atom stereocenters. The molecule has 0 aromatic carbocycles. The third-order valence-corrected chi connectivity index (χ3v) is 4.75. The van der Waals surface area contributed by atoms with E-state index in [4.69, 9.17) is 4.74 Å². The van der Waals surface area contributed by atoms with Crippen molar-refractivity contribution in [3.05, 3.63) is 0 Å². The molecule has 0 aliphatic carbocycles. The Labute approximate surface area is 121 Å². The van der Waals surface area contributed by atoms with Crippen molar-refractivity contribution in [1.29, 1.82) is 0 Å². The molecule has 0 saturated carbocycles. The molecule has 2 bridgehead atoms. The fourth-order valence-electron chi connectivity index (χ4n) is 2.80. The molecule has 2 saturated heterocycles. The molecule has 2 N–H and O–H groups in total. The van der Waals surface area contributed by atoms with Crippen molar-refractivity contribution < 1.29 is 13.2 Å². The van der Waals surface area contributed by atoms with Gasteiger partial charge in [0.15, 0.2) is 5.96 Å². The molecular weight excluding hydrogens is 278 g/mol. The van der Waals surface area contributed by atoms with Crippen molar-refractivity contribution in [3.63, 3.8) is 0 Å². The average molecular weight is 303 g/mol. The first-order valence-electron chi connectivity index (χ1n) is 7.36. The molecule has 2 fully saturated rings. The quantitative estimate of drug-likeness (QED) is 0.419. The van der Waals surface area contributed by atoms with Crippen LogP contribution in [0.2, 0.25) is 0 Å². The van der Waals surface area contributed by atoms with Gasteiger partial charge in [0.2, 0.25) is 0 Å². The minimum Gasteiger partial charge on any atom is -0.373 e. The van der Waals surface area contributed by atoms with Crippen molar-refractivity contribution >= 4 is 15.8 Å². The molecule has 0 aromatic rings. The topological polar surface area (TPSA) is 79.8 Å². The maximum Gasteiger partial charge on any atom is 0.191 e. The van der Waals surface area contributed by atoms with Crippen LogP contribution in [0.3, 0.4) is 0 Å². The van der Waals surface area contributed by atoms with Gasteiger partial charge in [0.1, 0.15) is 9.84 Å². The zero-order valence-corrected chi connectivity index (χ0v) is 13.1. The molecule has 2 aliphatic heterocycles. The first-order chi connectivity index (χ1) is 9.48. The van der Waals surface area contributed by atoms with Crippen LogP contribution in [-0.2, 0) is 14.6 Å². The second kappa shape index (κ2) is 6.76. The van der Waals surface area contributed by atoms with E-state index in [1.165, 1.54) is 12.7 Å². The first kappa shape index (κ1) is 15.6. The van der Waals surface area contributed by atoms with Crippen LogP contribution in [0.15, 0.2) is 4.99 Å². The molecule has 7 heteroatoms. The summed E-state index contributed by atoms with van der Waals surface area (Å²) in [5.41, 5.74) is 0. The highest BCUT2D eigenvalue weighted by Gasteiger charge is 2.41. The SMILES string of the molecule is CCNC(=NCCCS(C)(=O)=O)NC1CC2CCC1O2. The summed E-state index contributed by atoms with van der Waals surface area (Å²) in [4.78, 5) is 4.44. The summed E-state index contributed by atoms with van der Waals surface area (Å²) in [5.74, 6) is 0.954. The minimum absolute atomic E-state index is 0.188. The van der Waals surface area contributed by atoms with Crippen LogP contribution in [0.5, 0.6) is 0 Å². The van der Waals surface area contributed by atoms with Gasteiger partial charge in [0, 0.05) is 19.3 Å². The van der Waals surface area contributed by atoms with Crippen molar-refractivity contribution in [2.24, 2.45) is 4.99 Å². The van der Waals surface area contributed by atoms with Gasteiger partial charge in [-0.2, -0.15) is 0 Å². The van der Waals surface area contributed by atoms with Gasteiger partial charge in [-0.1, -0.05) is 0 Å². The number of nitrogens with zero attached hydrogens (tertiary/aromatic N) is 1. The number of guanidine groups is 1. The highest BCUT2D eigenvalue weighted by molar-refractivity contribution is 7.90. The first-order valence-corrected chi connectivity index (χ1v) is 9.42. The molecule has 116 valence electrons. The lowest BCUT2D eigenvalue weighted by molar-refractivity contribution is 0.0992. The van der Waals surface area contributed by atoms with E-state index >= 15 is 0 Å². The van der Waals surface area contributed by atoms with Crippen LogP contribution in [0.4, 0.5) is 0 Å². The Bertz CT molecular complexity index is 450. The largest absolute Gasteiger partial charge is 0.373 e. The normalized spacial score (nSPS) is 29.7. The number of hydrogen-bond acceptors (Lipinski definition) is 4. The molecule has 3 atom stereocenters. The molecular formula is C13H25N3O3S. The maximum atomic E-state index is 11.1. The minimum atomic E-state index is -2.89. The number of ether oxygens (including phenoxy) is 1. The molecule has 6 nitrogen and oxygen atoms in total. The lowest BCUT2D eigenvalue weighted by Gasteiger charge is -2.22. The number of rotatable bonds is 6. The molecule has 0 aromatic heterocycles. The predicted octanol–water partition coefficient (Wildman–Crippen LogP) is 0.296. The summed E-state index contributed by atoms with van der Waals surface area (Å²) in [7, 11) is -2.89. The average Bonchev–Trinajstić information content (AvgIpc) is 2.95. The summed E-state index contributed by atoms with van der Waals surface area (Å²) >= 11 is 0. The van der Waals surface area contributed by atoms with Gasteiger partial charge in [0.05, 0.1) is 24.0 Å². The van der Waals surface area contributed by atoms with Gasteiger partial charge in [0.25, 0.3) is 0 Å². The third kappa shape index (κ3) is 4.63. The third-order valence-electron chi connectivity index (χ3n) is 3.72. The highest BCUT2D eigenvalue weighted by Crippen LogP contribution is 2.34. The van der Waals surface area contributed by atoms with Gasteiger partial charge in [-0.25, -0.2) is 8.42 Å². The second-order valence-corrected chi connectivity index (χ2v) is 7.86. The lowest BCUT2D eigenvalue weighted by atomic mass is 9.96. The van der Waals surface area contributed by atoms with E-state index in [9.17, 15) is 8.42 Å². The number of sulfone groups is 1. The number of aliphatic imine (C=N–C) groups is 1. The Morgan fingerprint density at radius 2 is 2.20 bits per heavy atom. The Morgan fingerprint density at radius 3 is 2.75 bits per heavy atom. The number of hydrogen-bond donors (Lipinski definition) is 2. The van der Waals surface area contributed by atoms with Crippen LogP contribution in [-0.4, -0.2) is 57.7 Å². The number of fused-ring (bicyclic) bond motifs is 2. The fraction of sp³-hybridized carbons (Fsp3) is 0.923. The van der Waals surface area contributed by atoms with Gasteiger partial charge >= 0.3 is 0 Å². The Morgan fingerprint density at radius 1 is 1.40 bits per heavy atom. The second-order valence-electron chi connectivity index (χ2n) is 5.60. The van der Waals surface area contributed by atoms with Crippen LogP contribution >= 0.6 is 0 Å². The van der Waals surface area contributed by atoms with Crippen molar-refractivity contribution in [1.82, 2.24) is 10.6 Å². The number of nitrogens with one attached hydrogen (secondary N) is 2. The van der Waals surface area contributed by atoms with Crippen molar-refractivity contribution in [2.45, 2.75) is 50.9 Å². The Hall–Kier alpha value is -0.820. The van der Waals surface area contributed by atoms with E-state index in [0.29, 0.717) is 31.2 Å². The monoisotopic (exact) mass is 303 g/mol. The van der Waals surface area contributed by atoms with Gasteiger partial charge in [-0.15, -0.1) is 0 Å². The highest BCUT2D eigenvalue weighted by atomic mass is 32.2. The predicted molar refractivity (Wildman–Crippen MR) is 79.7 cm³/mol. The van der Waals surface area contributed by atoms with E-state index in [0.717, 1.165) is 25.3 Å². The standard InChI is InChI=1S/C13H25N3O3S/c1-3-14-13(15-7-4-8-20(2,17)18)16-11-9-10-5-6-12(11)19-10/h10-12H,3-9H2,1-2H3,(H2,14,15,16). The lowest BCUT2D eigenvalue weighted by Crippen LogP contribution is -2.47. The van der Waals surface area contributed by atoms with Crippen LogP contribution in [0.1, 0.15) is 32.6 Å². The van der Waals surface area contributed by atoms with E-state index in [-0.39, 0.29) is 5.75 Å². The summed E-state index contributed by atoms with van der Waals surface area (Å²) in [5, 5.41) is 6.61. The molecule has 2 heterocycles. The van der Waals surface area contributed by atoms with E-state index in [1.807, 2.05) is 6.92 Å². The maximum absolute atomic E-state index is 11.1. The van der Waals surface area contributed by atoms with Crippen molar-refractivity contribution in [2.75, 3.05) is 25.1 Å². The fourth-order valence-corrected chi connectivity index (χ4v) is 3.46. The van der Waals surface area contributed by atoms with Gasteiger partial charge < -0.3 is 15.4 Å². The van der Waals surface area contributed by atoms with Crippen LogP contribution in [0, 0.1) is 0 Å². The Kier molecular flexibility index (Phi) is 5.26. The van der Waals surface area contributed by atoms with Gasteiger partial charge in [-0.3, -0.25) is 4.99 Å². The molecule has 0 amide bonds. The smallest absolute Gasteiger partial charge is 0.191 e. The molecule has 2 rings (SSSR count). The van der Waals surface area contributed by atoms with E-state index in [1.54, 1.807) is 0 Å². The van der Waals surface area contributed by atoms with Crippen molar-refractivity contribution in [3.8, 4) is 0 Å². The Balaban J connectivity index is 1.80. The molecule has 0 radical (unpaired) electrons. The van der Waals surface area contributed by atoms with Crippen LogP contribution < -0.4 is 10.6 Å². The molecule has 0 spiro atoms. The molecule has 2 aliphatic rings. The summed E-state index contributed by atoms with van der Waals surface area (Å²) in [6.07, 6.45) is 5.86. The van der Waals surface area contributed by atoms with Crippen LogP contribution in [0.25, 0.3) is 0 Å².